The number of ether oxygens (including phenoxy) is 1. The second-order valence-corrected chi connectivity index (χ2v) is 9.61. The summed E-state index contributed by atoms with van der Waals surface area (Å²) in [6.45, 7) is 0.738. The maximum Gasteiger partial charge on any atom is 0.273 e. The minimum atomic E-state index is -4.44. The van der Waals surface area contributed by atoms with Crippen LogP contribution >= 0.6 is 11.6 Å². The van der Waals surface area contributed by atoms with Crippen molar-refractivity contribution in [2.75, 3.05) is 18.0 Å². The molecule has 0 fully saturated rings. The van der Waals surface area contributed by atoms with Crippen LogP contribution in [0.5, 0.6) is 5.75 Å². The van der Waals surface area contributed by atoms with Crippen molar-refractivity contribution in [3.8, 4) is 5.75 Å². The Morgan fingerprint density at radius 1 is 1.22 bits per heavy atom. The van der Waals surface area contributed by atoms with Crippen molar-refractivity contribution in [2.24, 2.45) is 5.10 Å². The molecule has 0 heterocycles. The molecule has 0 aliphatic carbocycles. The van der Waals surface area contributed by atoms with Crippen molar-refractivity contribution in [3.05, 3.63) is 92.7 Å². The van der Waals surface area contributed by atoms with E-state index in [9.17, 15) is 27.7 Å². The van der Waals surface area contributed by atoms with E-state index < -0.39 is 33.2 Å². The zero-order valence-electron chi connectivity index (χ0n) is 19.0. The number of nitrogens with one attached hydrogen (secondary N) is 1. The molecule has 0 radical (unpaired) electrons. The molecule has 36 heavy (non-hydrogen) atoms. The highest BCUT2D eigenvalue weighted by atomic mass is 35.5. The molecule has 0 atom stereocenters. The van der Waals surface area contributed by atoms with E-state index in [-0.39, 0.29) is 32.4 Å². The molecule has 0 aliphatic rings. The largest absolute Gasteiger partial charge is 0.497 e. The number of halogens is 2. The Morgan fingerprint density at radius 2 is 1.92 bits per heavy atom. The highest BCUT2D eigenvalue weighted by Crippen LogP contribution is 2.29. The highest BCUT2D eigenvalue weighted by Gasteiger charge is 2.29. The molecule has 1 N–H and O–H groups in total. The lowest BCUT2D eigenvalue weighted by molar-refractivity contribution is -0.385. The molecule has 0 aromatic heterocycles. The summed E-state index contributed by atoms with van der Waals surface area (Å²) in [5.41, 5.74) is 2.05. The molecule has 3 aromatic carbocycles. The van der Waals surface area contributed by atoms with Crippen LogP contribution < -0.4 is 14.5 Å². The number of hydrogen-bond donors (Lipinski definition) is 1. The molecule has 10 nitrogen and oxygen atoms in total. The highest BCUT2D eigenvalue weighted by molar-refractivity contribution is 7.92. The fraction of sp³-hybridized carbons (Fsp3) is 0.130. The SMILES string of the molecule is COc1ccc(N(CC(=O)N/N=C\c2c(F)cccc2Cl)S(=O)(=O)c2ccc(C)c([N+](=O)[O-])c2)cc1. The van der Waals surface area contributed by atoms with Gasteiger partial charge in [0.15, 0.2) is 0 Å². The average Bonchev–Trinajstić information content (AvgIpc) is 2.84. The average molecular weight is 535 g/mol. The van der Waals surface area contributed by atoms with E-state index in [1.807, 2.05) is 0 Å². The van der Waals surface area contributed by atoms with Crippen LogP contribution in [0.15, 0.2) is 70.7 Å². The summed E-state index contributed by atoms with van der Waals surface area (Å²) in [6.07, 6.45) is 0.991. The molecular formula is C23H20ClFN4O6S. The summed E-state index contributed by atoms with van der Waals surface area (Å²) in [4.78, 5) is 22.9. The third-order valence-electron chi connectivity index (χ3n) is 5.00. The van der Waals surface area contributed by atoms with Crippen molar-refractivity contribution in [3.63, 3.8) is 0 Å². The van der Waals surface area contributed by atoms with Gasteiger partial charge >= 0.3 is 0 Å². The van der Waals surface area contributed by atoms with Crippen LogP contribution in [0.4, 0.5) is 15.8 Å². The van der Waals surface area contributed by atoms with Crippen molar-refractivity contribution >= 4 is 45.1 Å². The molecule has 1 amide bonds. The first-order valence-electron chi connectivity index (χ1n) is 10.2. The van der Waals surface area contributed by atoms with E-state index in [0.717, 1.165) is 22.7 Å². The van der Waals surface area contributed by atoms with Gasteiger partial charge in [-0.3, -0.25) is 19.2 Å². The molecular weight excluding hydrogens is 515 g/mol. The van der Waals surface area contributed by atoms with Crippen LogP contribution in [0.25, 0.3) is 0 Å². The van der Waals surface area contributed by atoms with Crippen molar-refractivity contribution in [1.82, 2.24) is 5.43 Å². The summed E-state index contributed by atoms with van der Waals surface area (Å²) in [5.74, 6) is -1.08. The fourth-order valence-electron chi connectivity index (χ4n) is 3.11. The number of rotatable bonds is 9. The number of benzene rings is 3. The van der Waals surface area contributed by atoms with E-state index >= 15 is 0 Å². The minimum Gasteiger partial charge on any atom is -0.497 e. The van der Waals surface area contributed by atoms with Gasteiger partial charge in [0.2, 0.25) is 0 Å². The van der Waals surface area contributed by atoms with Crippen molar-refractivity contribution < 1.29 is 27.3 Å². The summed E-state index contributed by atoms with van der Waals surface area (Å²) in [6, 6.07) is 13.3. The van der Waals surface area contributed by atoms with Gasteiger partial charge in [-0.15, -0.1) is 0 Å². The first-order valence-corrected chi connectivity index (χ1v) is 12.0. The van der Waals surface area contributed by atoms with Gasteiger partial charge in [0, 0.05) is 17.2 Å². The van der Waals surface area contributed by atoms with E-state index in [1.165, 1.54) is 62.6 Å². The van der Waals surface area contributed by atoms with Gasteiger partial charge in [-0.25, -0.2) is 18.2 Å². The Bertz CT molecular complexity index is 1410. The standard InChI is InChI=1S/C23H20ClFN4O6S/c1-15-6-11-18(12-22(15)29(31)32)36(33,34)28(16-7-9-17(35-2)10-8-16)14-23(30)27-26-13-19-20(24)4-3-5-21(19)25/h3-13H,14H2,1-2H3,(H,27,30)/b26-13-. The molecule has 3 aromatic rings. The Labute approximate surface area is 211 Å². The van der Waals surface area contributed by atoms with E-state index in [2.05, 4.69) is 10.5 Å². The van der Waals surface area contributed by atoms with E-state index in [1.54, 1.807) is 0 Å². The minimum absolute atomic E-state index is 0.0638. The number of nitro benzene ring substituents is 1. The van der Waals surface area contributed by atoms with Crippen LogP contribution in [0.1, 0.15) is 11.1 Å². The molecule has 13 heteroatoms. The van der Waals surface area contributed by atoms with E-state index in [0.29, 0.717) is 5.75 Å². The maximum atomic E-state index is 13.9. The van der Waals surface area contributed by atoms with Gasteiger partial charge in [0.25, 0.3) is 21.6 Å². The quantitative estimate of drug-likeness (QED) is 0.250. The Kier molecular flexibility index (Phi) is 8.22. The summed E-state index contributed by atoms with van der Waals surface area (Å²) in [5, 5.41) is 15.1. The predicted molar refractivity (Wildman–Crippen MR) is 133 cm³/mol. The van der Waals surface area contributed by atoms with Gasteiger partial charge in [0.05, 0.1) is 33.9 Å². The second-order valence-electron chi connectivity index (χ2n) is 7.34. The number of nitrogens with zero attached hydrogens (tertiary/aromatic N) is 3. The maximum absolute atomic E-state index is 13.9. The number of sulfonamides is 1. The molecule has 188 valence electrons. The normalized spacial score (nSPS) is 11.3. The van der Waals surface area contributed by atoms with Crippen LogP contribution in [0.3, 0.4) is 0 Å². The number of aryl methyl sites for hydroxylation is 1. The second kappa shape index (κ2) is 11.1. The van der Waals surface area contributed by atoms with Gasteiger partial charge < -0.3 is 4.74 Å². The third kappa shape index (κ3) is 5.96. The predicted octanol–water partition coefficient (Wildman–Crippen LogP) is 4.05. The third-order valence-corrected chi connectivity index (χ3v) is 7.09. The number of nitro groups is 1. The monoisotopic (exact) mass is 534 g/mol. The van der Waals surface area contributed by atoms with Gasteiger partial charge in [-0.1, -0.05) is 23.7 Å². The van der Waals surface area contributed by atoms with Crippen LogP contribution in [-0.2, 0) is 14.8 Å². The fourth-order valence-corrected chi connectivity index (χ4v) is 4.76. The lowest BCUT2D eigenvalue weighted by Gasteiger charge is -2.24. The number of hydrazone groups is 1. The molecule has 0 bridgehead atoms. The van der Waals surface area contributed by atoms with Crippen LogP contribution in [0.2, 0.25) is 5.02 Å². The van der Waals surface area contributed by atoms with Gasteiger partial charge in [-0.2, -0.15) is 5.10 Å². The number of hydrogen-bond acceptors (Lipinski definition) is 7. The Hall–Kier alpha value is -4.03. The van der Waals surface area contributed by atoms with Crippen LogP contribution in [-0.4, -0.2) is 39.1 Å². The van der Waals surface area contributed by atoms with Crippen molar-refractivity contribution in [2.45, 2.75) is 11.8 Å². The lowest BCUT2D eigenvalue weighted by Crippen LogP contribution is -2.39. The van der Waals surface area contributed by atoms with Crippen molar-refractivity contribution in [1.29, 1.82) is 0 Å². The Morgan fingerprint density at radius 3 is 2.53 bits per heavy atom. The first-order chi connectivity index (χ1) is 17.0. The lowest BCUT2D eigenvalue weighted by atomic mass is 10.2. The zero-order chi connectivity index (χ0) is 26.5. The summed E-state index contributed by atoms with van der Waals surface area (Å²) < 4.78 is 46.7. The number of carbonyl (C=O) groups is 1. The first kappa shape index (κ1) is 26.6. The van der Waals surface area contributed by atoms with Crippen LogP contribution in [0, 0.1) is 22.9 Å². The molecule has 0 unspecified atom stereocenters. The smallest absolute Gasteiger partial charge is 0.273 e. The summed E-state index contributed by atoms with van der Waals surface area (Å²) >= 11 is 5.92. The summed E-state index contributed by atoms with van der Waals surface area (Å²) in [7, 11) is -3.01. The number of methoxy groups -OCH3 is 1. The van der Waals surface area contributed by atoms with Gasteiger partial charge in [-0.05, 0) is 49.4 Å². The topological polar surface area (TPSA) is 131 Å². The molecule has 0 saturated heterocycles. The van der Waals surface area contributed by atoms with Gasteiger partial charge in [0.1, 0.15) is 18.1 Å². The molecule has 3 rings (SSSR count). The zero-order valence-corrected chi connectivity index (χ0v) is 20.6. The number of carbonyl (C=O) groups excluding carboxylic acids is 1. The molecule has 0 saturated carbocycles. The number of anilines is 1. The molecule has 0 spiro atoms. The molecule has 0 aliphatic heterocycles. The number of amides is 1. The Balaban J connectivity index is 1.94. The van der Waals surface area contributed by atoms with E-state index in [4.69, 9.17) is 16.3 Å².